The van der Waals surface area contributed by atoms with E-state index in [4.69, 9.17) is 0 Å². The lowest BCUT2D eigenvalue weighted by molar-refractivity contribution is 0.0971. The van der Waals surface area contributed by atoms with Gasteiger partial charge in [0.2, 0.25) is 0 Å². The van der Waals surface area contributed by atoms with E-state index in [1.54, 1.807) is 13.0 Å². The Morgan fingerprint density at radius 1 is 1.59 bits per heavy atom. The summed E-state index contributed by atoms with van der Waals surface area (Å²) in [5.41, 5.74) is 1.36. The summed E-state index contributed by atoms with van der Waals surface area (Å²) in [5.74, 6) is 1.90. The van der Waals surface area contributed by atoms with Crippen LogP contribution in [0.2, 0.25) is 0 Å². The van der Waals surface area contributed by atoms with Crippen LogP contribution in [-0.4, -0.2) is 29.9 Å². The average Bonchev–Trinajstić information content (AvgIpc) is 2.30. The molecule has 0 aromatic heterocycles. The Morgan fingerprint density at radius 3 is 3.06 bits per heavy atom. The van der Waals surface area contributed by atoms with Gasteiger partial charge in [0, 0.05) is 36.1 Å². The van der Waals surface area contributed by atoms with Gasteiger partial charge in [-0.25, -0.2) is 4.39 Å². The first-order valence-electron chi connectivity index (χ1n) is 5.77. The number of hydrogen-bond donors (Lipinski definition) is 1. The predicted octanol–water partition coefficient (Wildman–Crippen LogP) is 2.41. The molecule has 2 rings (SSSR count). The number of halogens is 1. The molecule has 1 fully saturated rings. The number of hydrogen-bond acceptors (Lipinski definition) is 3. The second kappa shape index (κ2) is 5.65. The van der Waals surface area contributed by atoms with Crippen molar-refractivity contribution >= 4 is 17.5 Å². The maximum Gasteiger partial charge on any atom is 0.164 e. The van der Waals surface area contributed by atoms with Gasteiger partial charge in [-0.05, 0) is 30.7 Å². The smallest absolute Gasteiger partial charge is 0.164 e. The van der Waals surface area contributed by atoms with Gasteiger partial charge in [0.25, 0.3) is 0 Å². The van der Waals surface area contributed by atoms with Gasteiger partial charge in [0.1, 0.15) is 5.82 Å². The van der Waals surface area contributed by atoms with Crippen molar-refractivity contribution in [1.29, 1.82) is 0 Å². The number of benzene rings is 1. The third-order valence-corrected chi connectivity index (χ3v) is 4.05. The summed E-state index contributed by atoms with van der Waals surface area (Å²) >= 11 is 1.87. The van der Waals surface area contributed by atoms with Crippen molar-refractivity contribution in [2.45, 2.75) is 19.4 Å². The lowest BCUT2D eigenvalue weighted by Crippen LogP contribution is -2.38. The van der Waals surface area contributed by atoms with Gasteiger partial charge in [0.15, 0.2) is 5.78 Å². The minimum absolute atomic E-state index is 0.0995. The molecule has 1 heterocycles. The Hall–Kier alpha value is -0.870. The molecule has 1 saturated heterocycles. The lowest BCUT2D eigenvalue weighted by Gasteiger charge is -2.22. The van der Waals surface area contributed by atoms with Crippen LogP contribution in [0.3, 0.4) is 0 Å². The van der Waals surface area contributed by atoms with E-state index >= 15 is 0 Å². The van der Waals surface area contributed by atoms with Crippen LogP contribution in [0.4, 0.5) is 4.39 Å². The third-order valence-electron chi connectivity index (χ3n) is 2.92. The van der Waals surface area contributed by atoms with Gasteiger partial charge in [-0.3, -0.25) is 4.79 Å². The van der Waals surface area contributed by atoms with Crippen LogP contribution < -0.4 is 5.32 Å². The molecule has 1 aromatic carbocycles. The molecule has 0 aliphatic carbocycles. The highest BCUT2D eigenvalue weighted by molar-refractivity contribution is 7.99. The Balaban J connectivity index is 2.03. The SMILES string of the molecule is Cc1cc(F)ccc1C(=O)CC1CSCCN1. The van der Waals surface area contributed by atoms with E-state index in [1.165, 1.54) is 12.1 Å². The summed E-state index contributed by atoms with van der Waals surface area (Å²) in [7, 11) is 0. The first kappa shape index (κ1) is 12.6. The first-order chi connectivity index (χ1) is 8.16. The number of ketones is 1. The fourth-order valence-corrected chi connectivity index (χ4v) is 2.97. The molecule has 0 saturated carbocycles. The summed E-state index contributed by atoms with van der Waals surface area (Å²) in [6.45, 7) is 2.74. The van der Waals surface area contributed by atoms with Crippen LogP contribution in [0.25, 0.3) is 0 Å². The van der Waals surface area contributed by atoms with E-state index < -0.39 is 0 Å². The molecule has 1 unspecified atom stereocenters. The van der Waals surface area contributed by atoms with Crippen LogP contribution in [-0.2, 0) is 0 Å². The standard InChI is InChI=1S/C13H16FNOS/c1-9-6-10(14)2-3-12(9)13(16)7-11-8-17-5-4-15-11/h2-3,6,11,15H,4-5,7-8H2,1H3. The molecule has 2 nitrogen and oxygen atoms in total. The molecule has 17 heavy (non-hydrogen) atoms. The summed E-state index contributed by atoms with van der Waals surface area (Å²) in [5, 5.41) is 3.33. The number of thioether (sulfide) groups is 1. The summed E-state index contributed by atoms with van der Waals surface area (Å²) in [6, 6.07) is 4.61. The Morgan fingerprint density at radius 2 is 2.41 bits per heavy atom. The zero-order valence-electron chi connectivity index (χ0n) is 9.83. The summed E-state index contributed by atoms with van der Waals surface area (Å²) in [6.07, 6.45) is 0.499. The van der Waals surface area contributed by atoms with Gasteiger partial charge in [0.05, 0.1) is 0 Å². The fourth-order valence-electron chi connectivity index (χ4n) is 2.02. The van der Waals surface area contributed by atoms with Gasteiger partial charge in [-0.2, -0.15) is 11.8 Å². The van der Waals surface area contributed by atoms with E-state index in [1.807, 2.05) is 11.8 Å². The number of rotatable bonds is 3. The maximum absolute atomic E-state index is 12.9. The Kier molecular flexibility index (Phi) is 4.18. The zero-order chi connectivity index (χ0) is 12.3. The van der Waals surface area contributed by atoms with Crippen molar-refractivity contribution < 1.29 is 9.18 Å². The van der Waals surface area contributed by atoms with Crippen molar-refractivity contribution in [3.8, 4) is 0 Å². The van der Waals surface area contributed by atoms with Crippen LogP contribution in [0.5, 0.6) is 0 Å². The maximum atomic E-state index is 12.9. The molecule has 1 atom stereocenters. The summed E-state index contributed by atoms with van der Waals surface area (Å²) < 4.78 is 12.9. The minimum atomic E-state index is -0.287. The molecule has 4 heteroatoms. The number of carbonyl (C=O) groups is 1. The van der Waals surface area contributed by atoms with Crippen molar-refractivity contribution in [1.82, 2.24) is 5.32 Å². The number of nitrogens with one attached hydrogen (secondary N) is 1. The second-order valence-electron chi connectivity index (χ2n) is 4.31. The molecular formula is C13H16FNOS. The molecule has 0 spiro atoms. The average molecular weight is 253 g/mol. The Bertz CT molecular complexity index is 416. The molecule has 92 valence electrons. The monoisotopic (exact) mass is 253 g/mol. The van der Waals surface area contributed by atoms with Crippen molar-refractivity contribution in [2.75, 3.05) is 18.1 Å². The summed E-state index contributed by atoms with van der Waals surface area (Å²) in [4.78, 5) is 12.1. The third kappa shape index (κ3) is 3.30. The van der Waals surface area contributed by atoms with Crippen molar-refractivity contribution in [3.63, 3.8) is 0 Å². The molecule has 0 bridgehead atoms. The van der Waals surface area contributed by atoms with E-state index in [0.29, 0.717) is 12.0 Å². The fraction of sp³-hybridized carbons (Fsp3) is 0.462. The molecule has 1 aliphatic heterocycles. The first-order valence-corrected chi connectivity index (χ1v) is 6.93. The normalized spacial score (nSPS) is 20.2. The van der Waals surface area contributed by atoms with E-state index in [-0.39, 0.29) is 17.6 Å². The number of Topliss-reactive ketones (excluding diaryl/α,β-unsaturated/α-hetero) is 1. The lowest BCUT2D eigenvalue weighted by atomic mass is 10.00. The molecule has 1 N–H and O–H groups in total. The van der Waals surface area contributed by atoms with Crippen molar-refractivity contribution in [3.05, 3.63) is 35.1 Å². The van der Waals surface area contributed by atoms with Gasteiger partial charge >= 0.3 is 0 Å². The minimum Gasteiger partial charge on any atom is -0.312 e. The van der Waals surface area contributed by atoms with Crippen molar-refractivity contribution in [2.24, 2.45) is 0 Å². The van der Waals surface area contributed by atoms with Crippen LogP contribution in [0.1, 0.15) is 22.3 Å². The predicted molar refractivity (Wildman–Crippen MR) is 69.2 cm³/mol. The van der Waals surface area contributed by atoms with Crippen LogP contribution in [0, 0.1) is 12.7 Å². The van der Waals surface area contributed by atoms with Crippen LogP contribution >= 0.6 is 11.8 Å². The molecular weight excluding hydrogens is 237 g/mol. The van der Waals surface area contributed by atoms with E-state index in [0.717, 1.165) is 23.6 Å². The number of carbonyl (C=O) groups excluding carboxylic acids is 1. The molecule has 0 amide bonds. The van der Waals surface area contributed by atoms with Gasteiger partial charge in [-0.1, -0.05) is 0 Å². The molecule has 1 aliphatic rings. The van der Waals surface area contributed by atoms with Crippen LogP contribution in [0.15, 0.2) is 18.2 Å². The largest absolute Gasteiger partial charge is 0.312 e. The topological polar surface area (TPSA) is 29.1 Å². The van der Waals surface area contributed by atoms with E-state index in [9.17, 15) is 9.18 Å². The quantitative estimate of drug-likeness (QED) is 0.839. The highest BCUT2D eigenvalue weighted by atomic mass is 32.2. The molecule has 0 radical (unpaired) electrons. The zero-order valence-corrected chi connectivity index (χ0v) is 10.6. The van der Waals surface area contributed by atoms with Gasteiger partial charge < -0.3 is 5.32 Å². The highest BCUT2D eigenvalue weighted by Gasteiger charge is 2.18. The highest BCUT2D eigenvalue weighted by Crippen LogP contribution is 2.16. The number of aryl methyl sites for hydroxylation is 1. The molecule has 1 aromatic rings. The Labute approximate surface area is 105 Å². The van der Waals surface area contributed by atoms with E-state index in [2.05, 4.69) is 5.32 Å². The second-order valence-corrected chi connectivity index (χ2v) is 5.46. The van der Waals surface area contributed by atoms with Gasteiger partial charge in [-0.15, -0.1) is 0 Å².